The second kappa shape index (κ2) is 8.29. The molecule has 0 atom stereocenters. The van der Waals surface area contributed by atoms with E-state index in [-0.39, 0.29) is 0 Å². The van der Waals surface area contributed by atoms with Gasteiger partial charge in [-0.2, -0.15) is 0 Å². The lowest BCUT2D eigenvalue weighted by Crippen LogP contribution is -2.46. The van der Waals surface area contributed by atoms with Crippen molar-refractivity contribution in [2.24, 2.45) is 0 Å². The van der Waals surface area contributed by atoms with Crippen LogP contribution in [-0.4, -0.2) is 54.1 Å². The highest BCUT2D eigenvalue weighted by atomic mass is 35.5. The molecule has 3 heterocycles. The van der Waals surface area contributed by atoms with E-state index in [1.54, 1.807) is 4.68 Å². The molecule has 2 aromatic carbocycles. The van der Waals surface area contributed by atoms with Gasteiger partial charge in [-0.1, -0.05) is 11.6 Å². The first-order chi connectivity index (χ1) is 14.7. The topological polar surface area (TPSA) is 55.9 Å². The van der Waals surface area contributed by atoms with Crippen molar-refractivity contribution in [2.75, 3.05) is 44.3 Å². The number of anilines is 1. The van der Waals surface area contributed by atoms with Crippen LogP contribution in [-0.2, 0) is 6.67 Å². The molecule has 0 radical (unpaired) electrons. The molecule has 0 bridgehead atoms. The molecule has 30 heavy (non-hydrogen) atoms. The fourth-order valence-electron chi connectivity index (χ4n) is 3.68. The Kier molecular flexibility index (Phi) is 5.37. The van der Waals surface area contributed by atoms with E-state index in [9.17, 15) is 0 Å². The molecule has 3 aromatic rings. The predicted octanol–water partition coefficient (Wildman–Crippen LogP) is 4.08. The second-order valence-electron chi connectivity index (χ2n) is 7.25. The number of rotatable bonds is 4. The van der Waals surface area contributed by atoms with Crippen LogP contribution in [0.4, 0.5) is 5.69 Å². The SMILES string of the molecule is S=c1oc(-c2ccc3c(c2)OCCO3)nn1CN1CCN(c2ccc(Cl)cc2)CC1. The summed E-state index contributed by atoms with van der Waals surface area (Å²) in [6.07, 6.45) is 0. The normalized spacial score (nSPS) is 16.6. The Morgan fingerprint density at radius 3 is 2.43 bits per heavy atom. The van der Waals surface area contributed by atoms with Crippen LogP contribution in [0.3, 0.4) is 0 Å². The summed E-state index contributed by atoms with van der Waals surface area (Å²) in [7, 11) is 0. The minimum Gasteiger partial charge on any atom is -0.486 e. The van der Waals surface area contributed by atoms with Gasteiger partial charge in [0.15, 0.2) is 11.5 Å². The number of halogens is 1. The van der Waals surface area contributed by atoms with Crippen LogP contribution in [0.5, 0.6) is 11.5 Å². The van der Waals surface area contributed by atoms with E-state index in [1.807, 2.05) is 30.3 Å². The Labute approximate surface area is 184 Å². The summed E-state index contributed by atoms with van der Waals surface area (Å²) in [6.45, 7) is 5.39. The second-order valence-corrected chi connectivity index (χ2v) is 8.04. The van der Waals surface area contributed by atoms with Crippen molar-refractivity contribution in [3.8, 4) is 23.0 Å². The third-order valence-electron chi connectivity index (χ3n) is 5.29. The predicted molar refractivity (Wildman–Crippen MR) is 117 cm³/mol. The van der Waals surface area contributed by atoms with E-state index in [1.165, 1.54) is 5.69 Å². The van der Waals surface area contributed by atoms with Crippen molar-refractivity contribution in [3.63, 3.8) is 0 Å². The Bertz CT molecular complexity index is 1090. The van der Waals surface area contributed by atoms with Crippen LogP contribution >= 0.6 is 23.8 Å². The minimum atomic E-state index is 0.361. The van der Waals surface area contributed by atoms with Crippen molar-refractivity contribution in [1.82, 2.24) is 14.7 Å². The zero-order chi connectivity index (χ0) is 20.5. The van der Waals surface area contributed by atoms with E-state index in [4.69, 9.17) is 37.7 Å². The molecule has 0 aliphatic carbocycles. The number of aromatic nitrogens is 2. The van der Waals surface area contributed by atoms with Gasteiger partial charge in [-0.25, -0.2) is 4.68 Å². The zero-order valence-electron chi connectivity index (χ0n) is 16.3. The van der Waals surface area contributed by atoms with E-state index in [2.05, 4.69) is 27.0 Å². The van der Waals surface area contributed by atoms with Gasteiger partial charge in [0.2, 0.25) is 5.89 Å². The number of ether oxygens (including phenoxy) is 2. The van der Waals surface area contributed by atoms with Crippen LogP contribution in [0.2, 0.25) is 5.02 Å². The average molecular weight is 445 g/mol. The highest BCUT2D eigenvalue weighted by Crippen LogP contribution is 2.34. The number of fused-ring (bicyclic) bond motifs is 1. The third kappa shape index (κ3) is 4.03. The van der Waals surface area contributed by atoms with Gasteiger partial charge in [-0.05, 0) is 54.7 Å². The Morgan fingerprint density at radius 1 is 0.933 bits per heavy atom. The first-order valence-corrected chi connectivity index (χ1v) is 10.7. The van der Waals surface area contributed by atoms with Gasteiger partial charge in [-0.3, -0.25) is 4.90 Å². The van der Waals surface area contributed by atoms with Gasteiger partial charge < -0.3 is 18.8 Å². The molecule has 7 nitrogen and oxygen atoms in total. The monoisotopic (exact) mass is 444 g/mol. The lowest BCUT2D eigenvalue weighted by atomic mass is 10.2. The highest BCUT2D eigenvalue weighted by molar-refractivity contribution is 7.71. The lowest BCUT2D eigenvalue weighted by molar-refractivity contribution is 0.171. The van der Waals surface area contributed by atoms with Crippen molar-refractivity contribution in [3.05, 3.63) is 52.3 Å². The fraction of sp³-hybridized carbons (Fsp3) is 0.333. The molecule has 9 heteroatoms. The Balaban J connectivity index is 1.25. The van der Waals surface area contributed by atoms with Crippen LogP contribution < -0.4 is 14.4 Å². The molecule has 0 spiro atoms. The van der Waals surface area contributed by atoms with E-state index in [0.717, 1.165) is 42.5 Å². The first-order valence-electron chi connectivity index (χ1n) is 9.86. The maximum Gasteiger partial charge on any atom is 0.288 e. The molecule has 156 valence electrons. The van der Waals surface area contributed by atoms with Crippen molar-refractivity contribution >= 4 is 29.5 Å². The maximum absolute atomic E-state index is 5.99. The largest absolute Gasteiger partial charge is 0.486 e. The average Bonchev–Trinajstić information content (AvgIpc) is 3.15. The number of piperazine rings is 1. The molecule has 1 saturated heterocycles. The number of benzene rings is 2. The molecule has 1 aromatic heterocycles. The third-order valence-corrected chi connectivity index (χ3v) is 5.84. The van der Waals surface area contributed by atoms with Crippen LogP contribution in [0, 0.1) is 4.84 Å². The molecule has 0 saturated carbocycles. The summed E-state index contributed by atoms with van der Waals surface area (Å²) in [5.74, 6) is 1.92. The number of hydrogen-bond donors (Lipinski definition) is 0. The van der Waals surface area contributed by atoms with Crippen LogP contribution in [0.25, 0.3) is 11.5 Å². The quantitative estimate of drug-likeness (QED) is 0.562. The molecule has 0 unspecified atom stereocenters. The van der Waals surface area contributed by atoms with Gasteiger partial charge in [-0.15, -0.1) is 5.10 Å². The lowest BCUT2D eigenvalue weighted by Gasteiger charge is -2.35. The summed E-state index contributed by atoms with van der Waals surface area (Å²) in [5, 5.41) is 5.35. The van der Waals surface area contributed by atoms with E-state index < -0.39 is 0 Å². The van der Waals surface area contributed by atoms with Crippen molar-refractivity contribution in [1.29, 1.82) is 0 Å². The van der Waals surface area contributed by atoms with E-state index >= 15 is 0 Å². The summed E-state index contributed by atoms with van der Waals surface area (Å²) in [4.78, 5) is 5.04. The molecule has 2 aliphatic heterocycles. The van der Waals surface area contributed by atoms with Gasteiger partial charge in [0.05, 0.1) is 6.67 Å². The molecule has 2 aliphatic rings. The summed E-state index contributed by atoms with van der Waals surface area (Å²) in [5.41, 5.74) is 2.01. The van der Waals surface area contributed by atoms with Crippen molar-refractivity contribution < 1.29 is 13.9 Å². The summed E-state index contributed by atoms with van der Waals surface area (Å²) >= 11 is 11.4. The van der Waals surface area contributed by atoms with Crippen molar-refractivity contribution in [2.45, 2.75) is 6.67 Å². The highest BCUT2D eigenvalue weighted by Gasteiger charge is 2.20. The summed E-state index contributed by atoms with van der Waals surface area (Å²) in [6, 6.07) is 13.6. The molecule has 5 rings (SSSR count). The van der Waals surface area contributed by atoms with Gasteiger partial charge in [0.25, 0.3) is 4.84 Å². The smallest absolute Gasteiger partial charge is 0.288 e. The van der Waals surface area contributed by atoms with Gasteiger partial charge >= 0.3 is 0 Å². The summed E-state index contributed by atoms with van der Waals surface area (Å²) < 4.78 is 18.7. The number of nitrogens with zero attached hydrogens (tertiary/aromatic N) is 4. The maximum atomic E-state index is 5.99. The minimum absolute atomic E-state index is 0.361. The van der Waals surface area contributed by atoms with E-state index in [0.29, 0.717) is 36.4 Å². The number of hydrogen-bond acceptors (Lipinski definition) is 7. The fourth-order valence-corrected chi connectivity index (χ4v) is 3.98. The van der Waals surface area contributed by atoms with Crippen LogP contribution in [0.1, 0.15) is 0 Å². The molecular weight excluding hydrogens is 424 g/mol. The molecule has 0 amide bonds. The zero-order valence-corrected chi connectivity index (χ0v) is 17.9. The first kappa shape index (κ1) is 19.4. The van der Waals surface area contributed by atoms with Gasteiger partial charge in [0.1, 0.15) is 13.2 Å². The Morgan fingerprint density at radius 2 is 1.67 bits per heavy atom. The molecule has 0 N–H and O–H groups in total. The standard InChI is InChI=1S/C21H21ClN4O3S/c22-16-2-4-17(5-3-16)25-9-7-24(8-10-25)14-26-21(30)29-20(23-26)15-1-6-18-19(13-15)28-12-11-27-18/h1-6,13H,7-12,14H2. The molecule has 1 fully saturated rings. The molecular formula is C21H21ClN4O3S. The van der Waals surface area contributed by atoms with Gasteiger partial charge in [0, 0.05) is 42.5 Å². The van der Waals surface area contributed by atoms with Crippen LogP contribution in [0.15, 0.2) is 46.9 Å². The Hall–Kier alpha value is -2.55.